The molecule has 0 amide bonds. The highest BCUT2D eigenvalue weighted by molar-refractivity contribution is 7.91. The molecule has 2 bridgehead atoms. The fourth-order valence-electron chi connectivity index (χ4n) is 2.60. The van der Waals surface area contributed by atoms with E-state index in [0.717, 1.165) is 6.42 Å². The molecule has 2 nitrogen and oxygen atoms in total. The van der Waals surface area contributed by atoms with Crippen LogP contribution in [0, 0.1) is 17.8 Å². The Morgan fingerprint density at radius 1 is 1.18 bits per heavy atom. The number of rotatable bonds is 0. The molecular weight excluding hydrogens is 160 g/mol. The van der Waals surface area contributed by atoms with E-state index in [4.69, 9.17) is 0 Å². The van der Waals surface area contributed by atoms with Crippen LogP contribution in [0.4, 0.5) is 0 Å². The van der Waals surface area contributed by atoms with Crippen LogP contribution in [-0.4, -0.2) is 19.9 Å². The minimum absolute atomic E-state index is 0.463. The van der Waals surface area contributed by atoms with Gasteiger partial charge < -0.3 is 0 Å². The molecule has 1 aliphatic carbocycles. The summed E-state index contributed by atoms with van der Waals surface area (Å²) in [5, 5.41) is 0. The van der Waals surface area contributed by atoms with Gasteiger partial charge in [0, 0.05) is 0 Å². The van der Waals surface area contributed by atoms with Crippen molar-refractivity contribution in [3.05, 3.63) is 0 Å². The predicted octanol–water partition coefficient (Wildman–Crippen LogP) is 1.08. The summed E-state index contributed by atoms with van der Waals surface area (Å²) in [6.07, 6.45) is 2.31. The molecule has 64 valence electrons. The zero-order chi connectivity index (χ0) is 8.06. The molecule has 0 spiro atoms. The Kier molecular flexibility index (Phi) is 1.53. The third-order valence-corrected chi connectivity index (χ3v) is 5.02. The summed E-state index contributed by atoms with van der Waals surface area (Å²) in [5.74, 6) is 2.56. The average molecular weight is 174 g/mol. The lowest BCUT2D eigenvalue weighted by Crippen LogP contribution is -2.26. The van der Waals surface area contributed by atoms with E-state index in [9.17, 15) is 8.42 Å². The van der Waals surface area contributed by atoms with Crippen LogP contribution < -0.4 is 0 Å². The second-order valence-electron chi connectivity index (χ2n) is 4.15. The van der Waals surface area contributed by atoms with Crippen molar-refractivity contribution in [3.63, 3.8) is 0 Å². The zero-order valence-corrected chi connectivity index (χ0v) is 7.60. The van der Waals surface area contributed by atoms with Crippen molar-refractivity contribution in [2.24, 2.45) is 17.8 Å². The first-order chi connectivity index (χ1) is 5.07. The standard InChI is InChI=1S/C8H14O2S/c1-6-2-7-3-8(6)5-11(9,10)4-7/h6-8H,2-5H2,1H3. The molecule has 1 saturated heterocycles. The van der Waals surface area contributed by atoms with Crippen LogP contribution >= 0.6 is 0 Å². The summed E-state index contributed by atoms with van der Waals surface area (Å²) in [5.41, 5.74) is 0. The average Bonchev–Trinajstić information content (AvgIpc) is 2.05. The molecule has 2 aliphatic rings. The maximum atomic E-state index is 11.3. The third-order valence-electron chi connectivity index (χ3n) is 3.10. The summed E-state index contributed by atoms with van der Waals surface area (Å²) < 4.78 is 22.5. The molecule has 0 aromatic heterocycles. The second-order valence-corrected chi connectivity index (χ2v) is 6.31. The van der Waals surface area contributed by atoms with Crippen LogP contribution in [0.3, 0.4) is 0 Å². The van der Waals surface area contributed by atoms with E-state index in [1.54, 1.807) is 0 Å². The van der Waals surface area contributed by atoms with Crippen LogP contribution in [0.15, 0.2) is 0 Å². The van der Waals surface area contributed by atoms with E-state index >= 15 is 0 Å². The van der Waals surface area contributed by atoms with Crippen LogP contribution in [0.5, 0.6) is 0 Å². The molecule has 1 saturated carbocycles. The van der Waals surface area contributed by atoms with Gasteiger partial charge in [-0.15, -0.1) is 0 Å². The first kappa shape index (κ1) is 7.59. The van der Waals surface area contributed by atoms with Crippen molar-refractivity contribution in [1.82, 2.24) is 0 Å². The van der Waals surface area contributed by atoms with Gasteiger partial charge in [-0.1, -0.05) is 6.92 Å². The summed E-state index contributed by atoms with van der Waals surface area (Å²) in [7, 11) is -2.65. The largest absolute Gasteiger partial charge is 0.229 e. The van der Waals surface area contributed by atoms with Gasteiger partial charge in [0.15, 0.2) is 9.84 Å². The Morgan fingerprint density at radius 3 is 2.55 bits per heavy atom. The van der Waals surface area contributed by atoms with Crippen LogP contribution in [0.1, 0.15) is 19.8 Å². The minimum Gasteiger partial charge on any atom is -0.229 e. The molecule has 0 aromatic rings. The van der Waals surface area contributed by atoms with Gasteiger partial charge in [-0.3, -0.25) is 0 Å². The summed E-state index contributed by atoms with van der Waals surface area (Å²) in [4.78, 5) is 0. The normalized spacial score (nSPS) is 47.5. The highest BCUT2D eigenvalue weighted by atomic mass is 32.2. The van der Waals surface area contributed by atoms with Crippen molar-refractivity contribution < 1.29 is 8.42 Å². The van der Waals surface area contributed by atoms with Crippen LogP contribution in [0.25, 0.3) is 0 Å². The second kappa shape index (κ2) is 2.22. The maximum absolute atomic E-state index is 11.3. The molecule has 0 aromatic carbocycles. The monoisotopic (exact) mass is 174 g/mol. The predicted molar refractivity (Wildman–Crippen MR) is 44.0 cm³/mol. The zero-order valence-electron chi connectivity index (χ0n) is 6.79. The lowest BCUT2D eigenvalue weighted by molar-refractivity contribution is 0.448. The smallest absolute Gasteiger partial charge is 0.150 e. The van der Waals surface area contributed by atoms with Crippen molar-refractivity contribution in [1.29, 1.82) is 0 Å². The van der Waals surface area contributed by atoms with Crippen LogP contribution in [0.2, 0.25) is 0 Å². The molecule has 3 atom stereocenters. The molecular formula is C8H14O2S. The quantitative estimate of drug-likeness (QED) is 0.550. The third kappa shape index (κ3) is 1.31. The Bertz CT molecular complexity index is 253. The highest BCUT2D eigenvalue weighted by Crippen LogP contribution is 2.41. The van der Waals surface area contributed by atoms with Gasteiger partial charge in [-0.05, 0) is 30.6 Å². The maximum Gasteiger partial charge on any atom is 0.150 e. The Hall–Kier alpha value is -0.0500. The van der Waals surface area contributed by atoms with E-state index in [2.05, 4.69) is 6.92 Å². The highest BCUT2D eigenvalue weighted by Gasteiger charge is 2.40. The molecule has 3 heteroatoms. The molecule has 0 radical (unpaired) electrons. The summed E-state index contributed by atoms with van der Waals surface area (Å²) >= 11 is 0. The number of sulfone groups is 1. The topological polar surface area (TPSA) is 34.1 Å². The SMILES string of the molecule is CC1CC2CC1CS(=O)(=O)C2. The fraction of sp³-hybridized carbons (Fsp3) is 1.00. The van der Waals surface area contributed by atoms with Gasteiger partial charge in [0.05, 0.1) is 11.5 Å². The van der Waals surface area contributed by atoms with E-state index in [-0.39, 0.29) is 0 Å². The first-order valence-electron chi connectivity index (χ1n) is 4.27. The molecule has 11 heavy (non-hydrogen) atoms. The number of hydrogen-bond donors (Lipinski definition) is 0. The lowest BCUT2D eigenvalue weighted by Gasteiger charge is -2.19. The van der Waals surface area contributed by atoms with Crippen LogP contribution in [-0.2, 0) is 9.84 Å². The molecule has 2 fully saturated rings. The molecule has 1 aliphatic heterocycles. The summed E-state index contributed by atoms with van der Waals surface area (Å²) in [6, 6.07) is 0. The Morgan fingerprint density at radius 2 is 1.91 bits per heavy atom. The van der Waals surface area contributed by atoms with E-state index < -0.39 is 9.84 Å². The van der Waals surface area contributed by atoms with Gasteiger partial charge in [0.1, 0.15) is 0 Å². The minimum atomic E-state index is -2.65. The van der Waals surface area contributed by atoms with Crippen molar-refractivity contribution in [3.8, 4) is 0 Å². The Balaban J connectivity index is 2.25. The molecule has 2 rings (SSSR count). The van der Waals surface area contributed by atoms with Gasteiger partial charge in [-0.25, -0.2) is 8.42 Å². The van der Waals surface area contributed by atoms with Gasteiger partial charge >= 0.3 is 0 Å². The number of fused-ring (bicyclic) bond motifs is 2. The van der Waals surface area contributed by atoms with E-state index in [1.165, 1.54) is 6.42 Å². The van der Waals surface area contributed by atoms with Crippen molar-refractivity contribution in [2.75, 3.05) is 11.5 Å². The van der Waals surface area contributed by atoms with E-state index in [1.807, 2.05) is 0 Å². The van der Waals surface area contributed by atoms with Gasteiger partial charge in [0.2, 0.25) is 0 Å². The van der Waals surface area contributed by atoms with E-state index in [0.29, 0.717) is 29.3 Å². The van der Waals surface area contributed by atoms with Gasteiger partial charge in [-0.2, -0.15) is 0 Å². The first-order valence-corrected chi connectivity index (χ1v) is 6.09. The van der Waals surface area contributed by atoms with Gasteiger partial charge in [0.25, 0.3) is 0 Å². The fourth-order valence-corrected chi connectivity index (χ4v) is 4.84. The molecule has 1 heterocycles. The van der Waals surface area contributed by atoms with Crippen molar-refractivity contribution in [2.45, 2.75) is 19.8 Å². The molecule has 0 N–H and O–H groups in total. The Labute approximate surface area is 67.9 Å². The van der Waals surface area contributed by atoms with Crippen molar-refractivity contribution >= 4 is 9.84 Å². The number of hydrogen-bond acceptors (Lipinski definition) is 2. The lowest BCUT2D eigenvalue weighted by atomic mass is 10.0. The summed E-state index contributed by atoms with van der Waals surface area (Å²) in [6.45, 7) is 2.19. The molecule has 3 unspecified atom stereocenters.